The molecule has 0 saturated carbocycles. The Morgan fingerprint density at radius 3 is 0.962 bits per heavy atom. The fraction of sp³-hybridized carbons (Fsp3) is 0.125. The molecule has 0 heterocycles. The summed E-state index contributed by atoms with van der Waals surface area (Å²) in [7, 11) is 0. The van der Waals surface area contributed by atoms with Gasteiger partial charge < -0.3 is 0 Å². The second kappa shape index (κ2) is 6.63. The minimum atomic E-state index is -2.22. The van der Waals surface area contributed by atoms with E-state index in [1.165, 1.54) is 0 Å². The van der Waals surface area contributed by atoms with Crippen molar-refractivity contribution in [1.29, 1.82) is 21.0 Å². The van der Waals surface area contributed by atoms with Crippen LogP contribution in [-0.4, -0.2) is 0 Å². The molecule has 0 aliphatic rings. The fourth-order valence-electron chi connectivity index (χ4n) is 2.37. The first kappa shape index (κ1) is 18.6. The van der Waals surface area contributed by atoms with Crippen LogP contribution in [0.1, 0.15) is 23.0 Å². The van der Waals surface area contributed by atoms with Gasteiger partial charge in [-0.3, -0.25) is 0 Å². The van der Waals surface area contributed by atoms with Crippen LogP contribution in [-0.2, 0) is 0 Å². The van der Waals surface area contributed by atoms with Gasteiger partial charge in [0.25, 0.3) is 0 Å². The summed E-state index contributed by atoms with van der Waals surface area (Å²) in [6.45, 7) is 0. The first-order valence-corrected chi connectivity index (χ1v) is 6.51. The first-order valence-electron chi connectivity index (χ1n) is 6.51. The summed E-state index contributed by atoms with van der Waals surface area (Å²) in [5.74, 6) is -17.2. The monoisotopic (exact) mass is 364 g/mol. The number of hydrogen-bond acceptors (Lipinski definition) is 4. The van der Waals surface area contributed by atoms with Crippen molar-refractivity contribution in [3.05, 3.63) is 46.0 Å². The molecule has 128 valence electrons. The van der Waals surface area contributed by atoms with E-state index in [-0.39, 0.29) is 0 Å². The molecule has 0 unspecified atom stereocenters. The SMILES string of the molecule is N#CC(C#N)c1c(F)c(F)c2c(F)c(C(C#N)C#N)c(F)c(F)c2c1F. The molecule has 0 aromatic heterocycles. The molecule has 0 radical (unpaired) electrons. The molecule has 0 bridgehead atoms. The van der Waals surface area contributed by atoms with Crippen LogP contribution in [0.5, 0.6) is 0 Å². The third kappa shape index (κ3) is 2.37. The smallest absolute Gasteiger partial charge is 0.170 e. The summed E-state index contributed by atoms with van der Waals surface area (Å²) >= 11 is 0. The maximum Gasteiger partial charge on any atom is 0.170 e. The lowest BCUT2D eigenvalue weighted by Crippen LogP contribution is -2.12. The van der Waals surface area contributed by atoms with E-state index in [2.05, 4.69) is 0 Å². The Bertz CT molecular complexity index is 997. The zero-order valence-electron chi connectivity index (χ0n) is 12.2. The van der Waals surface area contributed by atoms with Gasteiger partial charge in [0.2, 0.25) is 0 Å². The Labute approximate surface area is 141 Å². The van der Waals surface area contributed by atoms with Gasteiger partial charge in [0.15, 0.2) is 35.1 Å². The van der Waals surface area contributed by atoms with Crippen LogP contribution in [0.4, 0.5) is 26.3 Å². The van der Waals surface area contributed by atoms with E-state index >= 15 is 0 Å². The Kier molecular flexibility index (Phi) is 4.73. The van der Waals surface area contributed by atoms with Crippen molar-refractivity contribution in [2.45, 2.75) is 11.8 Å². The van der Waals surface area contributed by atoms with E-state index in [9.17, 15) is 26.3 Å². The van der Waals surface area contributed by atoms with E-state index < -0.39 is 68.6 Å². The minimum Gasteiger partial charge on any atom is -0.206 e. The molecule has 26 heavy (non-hydrogen) atoms. The molecule has 0 amide bonds. The molecule has 0 N–H and O–H groups in total. The van der Waals surface area contributed by atoms with Crippen LogP contribution in [0, 0.1) is 80.2 Å². The number of rotatable bonds is 2. The third-order valence-corrected chi connectivity index (χ3v) is 3.55. The maximum absolute atomic E-state index is 14.4. The molecule has 0 fully saturated rings. The van der Waals surface area contributed by atoms with E-state index in [0.29, 0.717) is 0 Å². The summed E-state index contributed by atoms with van der Waals surface area (Å²) in [4.78, 5) is 0. The summed E-state index contributed by atoms with van der Waals surface area (Å²) in [6, 6.07) is 4.54. The lowest BCUT2D eigenvalue weighted by molar-refractivity contribution is 0.466. The quantitative estimate of drug-likeness (QED) is 0.596. The zero-order valence-corrected chi connectivity index (χ0v) is 12.2. The highest BCUT2D eigenvalue weighted by molar-refractivity contribution is 5.87. The van der Waals surface area contributed by atoms with Gasteiger partial charge in [-0.25, -0.2) is 26.3 Å². The van der Waals surface area contributed by atoms with Crippen molar-refractivity contribution in [1.82, 2.24) is 0 Å². The van der Waals surface area contributed by atoms with Crippen LogP contribution in [0.3, 0.4) is 0 Å². The van der Waals surface area contributed by atoms with Crippen molar-refractivity contribution >= 4 is 10.8 Å². The van der Waals surface area contributed by atoms with Crippen molar-refractivity contribution in [2.24, 2.45) is 0 Å². The Balaban J connectivity index is 3.17. The number of fused-ring (bicyclic) bond motifs is 1. The van der Waals surface area contributed by atoms with Crippen molar-refractivity contribution in [3.63, 3.8) is 0 Å². The molecule has 2 aromatic rings. The minimum absolute atomic E-state index is 1.13. The topological polar surface area (TPSA) is 95.2 Å². The van der Waals surface area contributed by atoms with Gasteiger partial charge in [-0.1, -0.05) is 0 Å². The van der Waals surface area contributed by atoms with Crippen LogP contribution in [0.15, 0.2) is 0 Å². The zero-order chi connectivity index (χ0) is 19.8. The highest BCUT2D eigenvalue weighted by atomic mass is 19.2. The fourth-order valence-corrected chi connectivity index (χ4v) is 2.37. The number of benzene rings is 2. The van der Waals surface area contributed by atoms with Crippen molar-refractivity contribution < 1.29 is 26.3 Å². The maximum atomic E-state index is 14.4. The third-order valence-electron chi connectivity index (χ3n) is 3.55. The Morgan fingerprint density at radius 1 is 0.462 bits per heavy atom. The van der Waals surface area contributed by atoms with Gasteiger partial charge in [-0.15, -0.1) is 0 Å². The molecule has 2 rings (SSSR count). The molecule has 2 aromatic carbocycles. The van der Waals surface area contributed by atoms with Gasteiger partial charge in [-0.05, 0) is 0 Å². The predicted molar refractivity (Wildman–Crippen MR) is 71.6 cm³/mol. The van der Waals surface area contributed by atoms with Crippen LogP contribution >= 0.6 is 0 Å². The van der Waals surface area contributed by atoms with Crippen LogP contribution in [0.25, 0.3) is 10.8 Å². The standard InChI is InChI=1S/C16H2F6N4/c17-11-7(5(1-23)2-24)13(19)15(21)10-9(11)16(22)14(20)8(12(10)18)6(3-25)4-26/h5-6H. The van der Waals surface area contributed by atoms with Gasteiger partial charge in [0, 0.05) is 0 Å². The molecule has 0 aliphatic heterocycles. The molecule has 0 spiro atoms. The number of nitriles is 4. The highest BCUT2D eigenvalue weighted by Crippen LogP contribution is 2.38. The molecular weight excluding hydrogens is 362 g/mol. The number of hydrogen-bond donors (Lipinski definition) is 0. The van der Waals surface area contributed by atoms with E-state index in [1.807, 2.05) is 0 Å². The van der Waals surface area contributed by atoms with Gasteiger partial charge >= 0.3 is 0 Å². The lowest BCUT2D eigenvalue weighted by Gasteiger charge is -2.15. The highest BCUT2D eigenvalue weighted by Gasteiger charge is 2.34. The first-order chi connectivity index (χ1) is 12.3. The number of halogens is 6. The average Bonchev–Trinajstić information content (AvgIpc) is 2.63. The summed E-state index contributed by atoms with van der Waals surface area (Å²) in [6.07, 6.45) is 0. The molecular formula is C16H2F6N4. The Morgan fingerprint density at radius 2 is 0.731 bits per heavy atom. The van der Waals surface area contributed by atoms with Gasteiger partial charge in [0.05, 0.1) is 46.2 Å². The van der Waals surface area contributed by atoms with E-state index in [0.717, 1.165) is 24.3 Å². The van der Waals surface area contributed by atoms with Gasteiger partial charge in [-0.2, -0.15) is 21.0 Å². The number of nitrogens with zero attached hydrogens (tertiary/aromatic N) is 4. The normalized spacial score (nSPS) is 10.5. The predicted octanol–water partition coefficient (Wildman–Crippen LogP) is 3.94. The van der Waals surface area contributed by atoms with Crippen molar-refractivity contribution in [2.75, 3.05) is 0 Å². The van der Waals surface area contributed by atoms with E-state index in [4.69, 9.17) is 21.0 Å². The second-order valence-corrected chi connectivity index (χ2v) is 4.84. The molecule has 0 atom stereocenters. The van der Waals surface area contributed by atoms with Crippen LogP contribution < -0.4 is 0 Å². The largest absolute Gasteiger partial charge is 0.206 e. The van der Waals surface area contributed by atoms with E-state index in [1.54, 1.807) is 0 Å². The summed E-state index contributed by atoms with van der Waals surface area (Å²) < 4.78 is 85.5. The molecule has 4 nitrogen and oxygen atoms in total. The second-order valence-electron chi connectivity index (χ2n) is 4.84. The van der Waals surface area contributed by atoms with Crippen LogP contribution in [0.2, 0.25) is 0 Å². The average molecular weight is 364 g/mol. The summed E-state index contributed by atoms with van der Waals surface area (Å²) in [5.41, 5.74) is -3.02. The van der Waals surface area contributed by atoms with Gasteiger partial charge in [0.1, 0.15) is 11.6 Å². The van der Waals surface area contributed by atoms with Crippen molar-refractivity contribution in [3.8, 4) is 24.3 Å². The molecule has 0 aliphatic carbocycles. The lowest BCUT2D eigenvalue weighted by atomic mass is 9.91. The summed E-state index contributed by atoms with van der Waals surface area (Å²) in [5, 5.41) is 31.5. The molecule has 0 saturated heterocycles. The molecule has 10 heteroatoms. The Hall–Kier alpha value is -3.76.